The van der Waals surface area contributed by atoms with E-state index >= 15 is 0 Å². The Balaban J connectivity index is 1.72. The van der Waals surface area contributed by atoms with Crippen LogP contribution in [0.1, 0.15) is 11.3 Å². The number of pyridine rings is 1. The number of fused-ring (bicyclic) bond motifs is 1. The maximum absolute atomic E-state index is 11.8. The van der Waals surface area contributed by atoms with Crippen LogP contribution in [-0.2, 0) is 11.3 Å². The summed E-state index contributed by atoms with van der Waals surface area (Å²) in [6.45, 7) is 0.417. The molecule has 3 aromatic heterocycles. The van der Waals surface area contributed by atoms with E-state index in [1.165, 1.54) is 6.08 Å². The smallest absolute Gasteiger partial charge is 0.244 e. The molecule has 0 unspecified atom stereocenters. The number of carbonyl (C=O) groups excluding carboxylic acids is 1. The highest BCUT2D eigenvalue weighted by atomic mass is 35.5. The number of halogens is 1. The van der Waals surface area contributed by atoms with Gasteiger partial charge in [0.2, 0.25) is 5.91 Å². The molecule has 1 N–H and O–H groups in total. The van der Waals surface area contributed by atoms with Gasteiger partial charge in [-0.2, -0.15) is 0 Å². The Morgan fingerprint density at radius 1 is 1.43 bits per heavy atom. The lowest BCUT2D eigenvalue weighted by Crippen LogP contribution is -2.19. The minimum absolute atomic E-state index is 0.210. The van der Waals surface area contributed by atoms with Crippen LogP contribution in [0.2, 0.25) is 5.15 Å². The molecule has 3 aromatic rings. The lowest BCUT2D eigenvalue weighted by Gasteiger charge is -1.99. The van der Waals surface area contributed by atoms with E-state index in [1.54, 1.807) is 24.7 Å². The Morgan fingerprint density at radius 3 is 3.14 bits per heavy atom. The molecule has 0 aromatic carbocycles. The standard InChI is InChI=1S/C15H12ClN3O2/c16-15-12(19-7-2-1-3-13(19)18-15)4-5-14(20)17-9-11-6-8-21-10-11/h1-8,10H,9H2,(H,17,20)/b5-4+. The highest BCUT2D eigenvalue weighted by Crippen LogP contribution is 2.18. The van der Waals surface area contributed by atoms with Crippen LogP contribution in [0.15, 0.2) is 53.5 Å². The van der Waals surface area contributed by atoms with Crippen molar-refractivity contribution in [1.82, 2.24) is 14.7 Å². The van der Waals surface area contributed by atoms with Gasteiger partial charge in [-0.15, -0.1) is 0 Å². The molecule has 0 fully saturated rings. The second-order valence-electron chi connectivity index (χ2n) is 4.40. The molecule has 0 aliphatic heterocycles. The summed E-state index contributed by atoms with van der Waals surface area (Å²) in [6, 6.07) is 7.40. The third kappa shape index (κ3) is 2.98. The number of amides is 1. The van der Waals surface area contributed by atoms with E-state index < -0.39 is 0 Å². The molecule has 3 rings (SSSR count). The summed E-state index contributed by atoms with van der Waals surface area (Å²) in [4.78, 5) is 16.0. The summed E-state index contributed by atoms with van der Waals surface area (Å²) >= 11 is 6.08. The van der Waals surface area contributed by atoms with Gasteiger partial charge in [-0.05, 0) is 24.3 Å². The van der Waals surface area contributed by atoms with E-state index in [0.29, 0.717) is 17.4 Å². The van der Waals surface area contributed by atoms with Crippen molar-refractivity contribution in [3.8, 4) is 0 Å². The zero-order chi connectivity index (χ0) is 14.7. The van der Waals surface area contributed by atoms with Crippen LogP contribution in [0, 0.1) is 0 Å². The van der Waals surface area contributed by atoms with Gasteiger partial charge < -0.3 is 9.73 Å². The van der Waals surface area contributed by atoms with E-state index in [9.17, 15) is 4.79 Å². The second kappa shape index (κ2) is 5.85. The van der Waals surface area contributed by atoms with Crippen LogP contribution < -0.4 is 5.32 Å². The Bertz CT molecular complexity index is 790. The van der Waals surface area contributed by atoms with Gasteiger partial charge in [0.05, 0.1) is 18.2 Å². The van der Waals surface area contributed by atoms with Gasteiger partial charge in [-0.3, -0.25) is 9.20 Å². The average molecular weight is 302 g/mol. The number of carbonyl (C=O) groups is 1. The second-order valence-corrected chi connectivity index (χ2v) is 4.76. The Morgan fingerprint density at radius 2 is 2.33 bits per heavy atom. The lowest BCUT2D eigenvalue weighted by molar-refractivity contribution is -0.116. The number of imidazole rings is 1. The summed E-state index contributed by atoms with van der Waals surface area (Å²) < 4.78 is 6.75. The van der Waals surface area contributed by atoms with E-state index in [0.717, 1.165) is 11.2 Å². The molecular weight excluding hydrogens is 290 g/mol. The summed E-state index contributed by atoms with van der Waals surface area (Å²) in [5.74, 6) is -0.210. The van der Waals surface area contributed by atoms with Crippen molar-refractivity contribution >= 4 is 29.2 Å². The maximum Gasteiger partial charge on any atom is 0.244 e. The molecule has 0 saturated heterocycles. The fraction of sp³-hybridized carbons (Fsp3) is 0.0667. The zero-order valence-corrected chi connectivity index (χ0v) is 11.7. The highest BCUT2D eigenvalue weighted by molar-refractivity contribution is 6.31. The minimum atomic E-state index is -0.210. The third-order valence-corrected chi connectivity index (χ3v) is 3.24. The predicted octanol–water partition coefficient (Wildman–Crippen LogP) is 2.91. The first-order valence-corrected chi connectivity index (χ1v) is 6.71. The molecular formula is C15H12ClN3O2. The highest BCUT2D eigenvalue weighted by Gasteiger charge is 2.07. The van der Waals surface area contributed by atoms with Gasteiger partial charge in [0.1, 0.15) is 5.65 Å². The number of rotatable bonds is 4. The molecule has 1 amide bonds. The number of nitrogens with one attached hydrogen (secondary N) is 1. The van der Waals surface area contributed by atoms with Gasteiger partial charge in [0.15, 0.2) is 5.15 Å². The maximum atomic E-state index is 11.8. The van der Waals surface area contributed by atoms with Crippen molar-refractivity contribution < 1.29 is 9.21 Å². The molecule has 21 heavy (non-hydrogen) atoms. The molecule has 0 aliphatic carbocycles. The first kappa shape index (κ1) is 13.5. The molecule has 0 radical (unpaired) electrons. The number of furan rings is 1. The minimum Gasteiger partial charge on any atom is -0.472 e. The molecule has 0 aliphatic rings. The van der Waals surface area contributed by atoms with E-state index in [-0.39, 0.29) is 5.91 Å². The monoisotopic (exact) mass is 301 g/mol. The summed E-state index contributed by atoms with van der Waals surface area (Å²) in [5, 5.41) is 3.12. The molecule has 0 atom stereocenters. The van der Waals surface area contributed by atoms with Crippen molar-refractivity contribution in [2.75, 3.05) is 0 Å². The topological polar surface area (TPSA) is 59.5 Å². The van der Waals surface area contributed by atoms with Crippen LogP contribution in [0.5, 0.6) is 0 Å². The number of aromatic nitrogens is 2. The first-order chi connectivity index (χ1) is 10.2. The SMILES string of the molecule is O=C(/C=C/c1c(Cl)nc2ccccn12)NCc1ccoc1. The van der Waals surface area contributed by atoms with E-state index in [2.05, 4.69) is 10.3 Å². The molecule has 106 valence electrons. The Kier molecular flexibility index (Phi) is 3.75. The quantitative estimate of drug-likeness (QED) is 0.754. The molecule has 3 heterocycles. The van der Waals surface area contributed by atoms with Gasteiger partial charge in [0.25, 0.3) is 0 Å². The summed E-state index contributed by atoms with van der Waals surface area (Å²) in [5.41, 5.74) is 2.32. The third-order valence-electron chi connectivity index (χ3n) is 2.96. The fourth-order valence-corrected chi connectivity index (χ4v) is 2.17. The van der Waals surface area contributed by atoms with Crippen molar-refractivity contribution in [3.05, 3.63) is 65.5 Å². The van der Waals surface area contributed by atoms with Gasteiger partial charge in [-0.1, -0.05) is 17.7 Å². The van der Waals surface area contributed by atoms with Crippen LogP contribution in [0.3, 0.4) is 0 Å². The van der Waals surface area contributed by atoms with Gasteiger partial charge >= 0.3 is 0 Å². The van der Waals surface area contributed by atoms with Crippen molar-refractivity contribution in [2.45, 2.75) is 6.54 Å². The van der Waals surface area contributed by atoms with Gasteiger partial charge in [0, 0.05) is 24.4 Å². The molecule has 0 saturated carbocycles. The van der Waals surface area contributed by atoms with E-state index in [1.807, 2.05) is 28.8 Å². The normalized spacial score (nSPS) is 11.3. The zero-order valence-electron chi connectivity index (χ0n) is 11.0. The van der Waals surface area contributed by atoms with Crippen molar-refractivity contribution in [3.63, 3.8) is 0 Å². The Labute approximate surface area is 125 Å². The van der Waals surface area contributed by atoms with Gasteiger partial charge in [-0.25, -0.2) is 4.98 Å². The molecule has 5 nitrogen and oxygen atoms in total. The number of hydrogen-bond acceptors (Lipinski definition) is 3. The molecule has 6 heteroatoms. The van der Waals surface area contributed by atoms with Crippen LogP contribution >= 0.6 is 11.6 Å². The lowest BCUT2D eigenvalue weighted by atomic mass is 10.3. The van der Waals surface area contributed by atoms with E-state index in [4.69, 9.17) is 16.0 Å². The van der Waals surface area contributed by atoms with Crippen LogP contribution in [0.4, 0.5) is 0 Å². The summed E-state index contributed by atoms with van der Waals surface area (Å²) in [7, 11) is 0. The fourth-order valence-electron chi connectivity index (χ4n) is 1.93. The largest absolute Gasteiger partial charge is 0.472 e. The predicted molar refractivity (Wildman–Crippen MR) is 79.8 cm³/mol. The molecule has 0 spiro atoms. The Hall–Kier alpha value is -2.53. The average Bonchev–Trinajstić information content (AvgIpc) is 3.10. The molecule has 0 bridgehead atoms. The summed E-state index contributed by atoms with van der Waals surface area (Å²) in [6.07, 6.45) is 8.08. The number of hydrogen-bond donors (Lipinski definition) is 1. The van der Waals surface area contributed by atoms with Crippen LogP contribution in [0.25, 0.3) is 11.7 Å². The van der Waals surface area contributed by atoms with Crippen molar-refractivity contribution in [2.24, 2.45) is 0 Å². The van der Waals surface area contributed by atoms with Crippen LogP contribution in [-0.4, -0.2) is 15.3 Å². The van der Waals surface area contributed by atoms with Crippen molar-refractivity contribution in [1.29, 1.82) is 0 Å². The number of nitrogens with zero attached hydrogens (tertiary/aromatic N) is 2. The first-order valence-electron chi connectivity index (χ1n) is 6.33.